The van der Waals surface area contributed by atoms with Gasteiger partial charge in [-0.1, -0.05) is 24.3 Å². The van der Waals surface area contributed by atoms with Crippen LogP contribution in [0.3, 0.4) is 0 Å². The molecule has 0 bridgehead atoms. The molecule has 0 radical (unpaired) electrons. The first kappa shape index (κ1) is 27.1. The fourth-order valence-corrected chi connectivity index (χ4v) is 4.58. The summed E-state index contributed by atoms with van der Waals surface area (Å²) in [7, 11) is 4.57. The summed E-state index contributed by atoms with van der Waals surface area (Å²) in [6.45, 7) is 0. The molecular weight excluding hydrogens is 524 g/mol. The van der Waals surface area contributed by atoms with E-state index in [0.29, 0.717) is 34.6 Å². The summed E-state index contributed by atoms with van der Waals surface area (Å²) in [5.74, 6) is 0.985. The largest absolute Gasteiger partial charge is 0.493 e. The third-order valence-electron chi connectivity index (χ3n) is 6.51. The molecule has 1 atom stereocenters. The number of nitrogens with two attached hydrogens (primary N) is 2. The van der Waals surface area contributed by atoms with Gasteiger partial charge in [-0.3, -0.25) is 4.79 Å². The number of aromatic nitrogens is 4. The molecule has 0 fully saturated rings. The molecule has 1 aliphatic rings. The van der Waals surface area contributed by atoms with Gasteiger partial charge in [0.05, 0.1) is 27.5 Å². The second-order valence-corrected chi connectivity index (χ2v) is 9.03. The van der Waals surface area contributed by atoms with Gasteiger partial charge in [-0.15, -0.1) is 0 Å². The first-order valence-corrected chi connectivity index (χ1v) is 12.5. The fraction of sp³-hybridized carbons (Fsp3) is 0.172. The smallest absolute Gasteiger partial charge is 0.316 e. The Hall–Kier alpha value is -5.52. The maximum absolute atomic E-state index is 13.6. The SMILES string of the molecule is COc1ncc([C@@H]2c3ccccc3C=NN2C(=O)/C=C/c2cc(Cc3cnc(N)nc3N)cc(OC)c2OC)cn1. The standard InChI is InChI=1S/C29H28N8O4/c1-39-23-12-17(11-20-13-32-28(31)36-27(20)30)10-18(26(23)40-2)8-9-24(38)37-25(21-14-33-29(41-3)34-15-21)22-7-5-4-6-19(22)16-35-37/h4-10,12-16,25H,11H2,1-3H3,(H4,30,31,32,36)/b9-8+/t25-/m1/s1. The van der Waals surface area contributed by atoms with Gasteiger partial charge in [0.1, 0.15) is 11.9 Å². The van der Waals surface area contributed by atoms with E-state index in [9.17, 15) is 4.79 Å². The zero-order valence-electron chi connectivity index (χ0n) is 22.7. The van der Waals surface area contributed by atoms with E-state index in [1.165, 1.54) is 25.3 Å². The summed E-state index contributed by atoms with van der Waals surface area (Å²) in [5.41, 5.74) is 16.3. The van der Waals surface area contributed by atoms with Crippen LogP contribution in [0.5, 0.6) is 17.5 Å². The van der Waals surface area contributed by atoms with Gasteiger partial charge in [0.15, 0.2) is 11.5 Å². The van der Waals surface area contributed by atoms with Crippen molar-refractivity contribution in [1.82, 2.24) is 24.9 Å². The predicted octanol–water partition coefficient (Wildman–Crippen LogP) is 3.03. The maximum atomic E-state index is 13.6. The number of fused-ring (bicyclic) bond motifs is 1. The molecule has 1 amide bonds. The molecule has 0 saturated carbocycles. The fourth-order valence-electron chi connectivity index (χ4n) is 4.58. The average molecular weight is 553 g/mol. The lowest BCUT2D eigenvalue weighted by atomic mass is 9.94. The quantitative estimate of drug-likeness (QED) is 0.311. The van der Waals surface area contributed by atoms with Gasteiger partial charge in [0.25, 0.3) is 5.91 Å². The Labute approximate surface area is 236 Å². The summed E-state index contributed by atoms with van der Waals surface area (Å²) in [6.07, 6.45) is 10.0. The molecule has 0 aliphatic carbocycles. The van der Waals surface area contributed by atoms with Crippen LogP contribution in [0.15, 0.2) is 66.2 Å². The maximum Gasteiger partial charge on any atom is 0.316 e. The molecule has 0 saturated heterocycles. The lowest BCUT2D eigenvalue weighted by molar-refractivity contribution is -0.127. The number of carbonyl (C=O) groups excluding carboxylic acids is 1. The summed E-state index contributed by atoms with van der Waals surface area (Å²) in [5, 5.41) is 5.87. The van der Waals surface area contributed by atoms with Crippen LogP contribution in [0.25, 0.3) is 6.08 Å². The summed E-state index contributed by atoms with van der Waals surface area (Å²) in [4.78, 5) is 30.2. The molecule has 0 spiro atoms. The minimum atomic E-state index is -0.546. The zero-order valence-corrected chi connectivity index (χ0v) is 22.7. The van der Waals surface area contributed by atoms with Gasteiger partial charge < -0.3 is 25.7 Å². The van der Waals surface area contributed by atoms with Gasteiger partial charge in [0.2, 0.25) is 5.95 Å². The molecule has 4 aromatic rings. The van der Waals surface area contributed by atoms with Crippen LogP contribution >= 0.6 is 0 Å². The summed E-state index contributed by atoms with van der Waals surface area (Å²) < 4.78 is 16.3. The second-order valence-electron chi connectivity index (χ2n) is 9.03. The first-order chi connectivity index (χ1) is 19.9. The highest BCUT2D eigenvalue weighted by molar-refractivity contribution is 5.95. The van der Waals surface area contributed by atoms with Gasteiger partial charge >= 0.3 is 6.01 Å². The van der Waals surface area contributed by atoms with Gasteiger partial charge in [-0.2, -0.15) is 10.1 Å². The Morgan fingerprint density at radius 2 is 1.78 bits per heavy atom. The minimum Gasteiger partial charge on any atom is -0.493 e. The van der Waals surface area contributed by atoms with Crippen molar-refractivity contribution in [1.29, 1.82) is 0 Å². The molecule has 3 heterocycles. The summed E-state index contributed by atoms with van der Waals surface area (Å²) >= 11 is 0. The van der Waals surface area contributed by atoms with Crippen molar-refractivity contribution in [3.8, 4) is 17.5 Å². The van der Waals surface area contributed by atoms with Crippen LogP contribution in [-0.2, 0) is 11.2 Å². The second kappa shape index (κ2) is 11.7. The van der Waals surface area contributed by atoms with Gasteiger partial charge in [-0.25, -0.2) is 20.0 Å². The van der Waals surface area contributed by atoms with E-state index in [2.05, 4.69) is 25.0 Å². The van der Waals surface area contributed by atoms with Crippen LogP contribution in [0.1, 0.15) is 39.4 Å². The molecule has 41 heavy (non-hydrogen) atoms. The zero-order chi connectivity index (χ0) is 28.9. The number of rotatable bonds is 8. The van der Waals surface area contributed by atoms with E-state index >= 15 is 0 Å². The highest BCUT2D eigenvalue weighted by Gasteiger charge is 2.30. The van der Waals surface area contributed by atoms with Crippen LogP contribution in [0, 0.1) is 0 Å². The first-order valence-electron chi connectivity index (χ1n) is 12.5. The molecular formula is C29H28N8O4. The van der Waals surface area contributed by atoms with Crippen LogP contribution in [0.2, 0.25) is 0 Å². The van der Waals surface area contributed by atoms with Crippen molar-refractivity contribution in [3.63, 3.8) is 0 Å². The Bertz CT molecular complexity index is 1640. The Morgan fingerprint density at radius 1 is 1.00 bits per heavy atom. The molecule has 12 nitrogen and oxygen atoms in total. The lowest BCUT2D eigenvalue weighted by Gasteiger charge is -2.31. The minimum absolute atomic E-state index is 0.100. The number of hydrazone groups is 1. The highest BCUT2D eigenvalue weighted by atomic mass is 16.5. The lowest BCUT2D eigenvalue weighted by Crippen LogP contribution is -2.33. The molecule has 2 aromatic heterocycles. The molecule has 5 rings (SSSR count). The monoisotopic (exact) mass is 552 g/mol. The highest BCUT2D eigenvalue weighted by Crippen LogP contribution is 2.36. The topological polar surface area (TPSA) is 164 Å². The van der Waals surface area contributed by atoms with Crippen molar-refractivity contribution in [2.45, 2.75) is 12.5 Å². The predicted molar refractivity (Wildman–Crippen MR) is 154 cm³/mol. The third kappa shape index (κ3) is 5.62. The number of nitrogens with zero attached hydrogens (tertiary/aromatic N) is 6. The number of hydrogen-bond acceptors (Lipinski definition) is 11. The normalized spacial score (nSPS) is 14.1. The Balaban J connectivity index is 1.49. The number of anilines is 2. The van der Waals surface area contributed by atoms with E-state index in [1.807, 2.05) is 36.4 Å². The molecule has 208 valence electrons. The van der Waals surface area contributed by atoms with E-state index in [4.69, 9.17) is 25.7 Å². The number of carbonyl (C=O) groups is 1. The van der Waals surface area contributed by atoms with Crippen LogP contribution in [0.4, 0.5) is 11.8 Å². The van der Waals surface area contributed by atoms with Gasteiger partial charge in [0, 0.05) is 53.3 Å². The van der Waals surface area contributed by atoms with Crippen molar-refractivity contribution < 1.29 is 19.0 Å². The number of hydrogen-bond donors (Lipinski definition) is 2. The van der Waals surface area contributed by atoms with Crippen molar-refractivity contribution in [2.75, 3.05) is 32.8 Å². The van der Waals surface area contributed by atoms with Crippen LogP contribution < -0.4 is 25.7 Å². The number of benzene rings is 2. The number of nitrogen functional groups attached to an aromatic ring is 2. The average Bonchev–Trinajstić information content (AvgIpc) is 3.00. The Kier molecular flexibility index (Phi) is 7.72. The molecule has 0 unspecified atom stereocenters. The molecule has 2 aromatic carbocycles. The van der Waals surface area contributed by atoms with Crippen molar-refractivity contribution in [3.05, 3.63) is 94.4 Å². The van der Waals surface area contributed by atoms with E-state index in [1.54, 1.807) is 38.0 Å². The molecule has 1 aliphatic heterocycles. The van der Waals surface area contributed by atoms with Crippen LogP contribution in [-0.4, -0.2) is 58.4 Å². The molecule has 4 N–H and O–H groups in total. The molecule has 12 heteroatoms. The third-order valence-corrected chi connectivity index (χ3v) is 6.51. The van der Waals surface area contributed by atoms with Crippen molar-refractivity contribution in [2.24, 2.45) is 5.10 Å². The van der Waals surface area contributed by atoms with E-state index in [-0.39, 0.29) is 23.7 Å². The van der Waals surface area contributed by atoms with E-state index < -0.39 is 6.04 Å². The van der Waals surface area contributed by atoms with E-state index in [0.717, 1.165) is 16.7 Å². The number of amides is 1. The van der Waals surface area contributed by atoms with Crippen molar-refractivity contribution >= 4 is 30.0 Å². The van der Waals surface area contributed by atoms with Gasteiger partial charge in [-0.05, 0) is 29.3 Å². The number of ether oxygens (including phenoxy) is 3. The number of methoxy groups -OCH3 is 3. The summed E-state index contributed by atoms with van der Waals surface area (Å²) in [6, 6.07) is 11.1. The Morgan fingerprint density at radius 3 is 2.49 bits per heavy atom.